The number of nitrogens with one attached hydrogen (secondary N) is 1. The first-order chi connectivity index (χ1) is 18.9. The second-order valence-electron chi connectivity index (χ2n) is 9.24. The third-order valence-electron chi connectivity index (χ3n) is 6.36. The molecule has 1 saturated heterocycles. The molecule has 39 heavy (non-hydrogen) atoms. The van der Waals surface area contributed by atoms with Gasteiger partial charge in [-0.3, -0.25) is 9.69 Å². The molecule has 8 nitrogen and oxygen atoms in total. The lowest BCUT2D eigenvalue weighted by atomic mass is 10.2. The van der Waals surface area contributed by atoms with Gasteiger partial charge >= 0.3 is 6.03 Å². The van der Waals surface area contributed by atoms with Crippen LogP contribution in [0.25, 0.3) is 0 Å². The van der Waals surface area contributed by atoms with Crippen molar-refractivity contribution in [1.82, 2.24) is 14.7 Å². The highest BCUT2D eigenvalue weighted by Crippen LogP contribution is 2.16. The predicted molar refractivity (Wildman–Crippen MR) is 138 cm³/mol. The lowest BCUT2D eigenvalue weighted by molar-refractivity contribution is -0.133. The largest absolute Gasteiger partial charge is 0.467 e. The monoisotopic (exact) mass is 544 g/mol. The number of amides is 3. The Kier molecular flexibility index (Phi) is 9.98. The van der Waals surface area contributed by atoms with Gasteiger partial charge in [0.15, 0.2) is 11.6 Å². The number of urea groups is 1. The minimum absolute atomic E-state index is 0.0725. The topological polar surface area (TPSA) is 78.3 Å². The summed E-state index contributed by atoms with van der Waals surface area (Å²) in [6.07, 6.45) is 2.09. The highest BCUT2D eigenvalue weighted by Gasteiger charge is 2.23. The number of nitrogens with zero attached hydrogens (tertiary/aromatic N) is 3. The second-order valence-corrected chi connectivity index (χ2v) is 9.24. The van der Waals surface area contributed by atoms with E-state index in [-0.39, 0.29) is 43.6 Å². The van der Waals surface area contributed by atoms with Crippen molar-refractivity contribution in [3.63, 3.8) is 0 Å². The van der Waals surface area contributed by atoms with Gasteiger partial charge in [0, 0.05) is 44.5 Å². The first-order valence-electron chi connectivity index (χ1n) is 12.7. The molecule has 1 fully saturated rings. The Morgan fingerprint density at radius 1 is 0.923 bits per heavy atom. The summed E-state index contributed by atoms with van der Waals surface area (Å²) in [7, 11) is 0. The number of furan rings is 1. The fraction of sp³-hybridized carbons (Fsp3) is 0.357. The third kappa shape index (κ3) is 8.59. The number of hydrogen-bond donors (Lipinski definition) is 1. The molecule has 0 saturated carbocycles. The van der Waals surface area contributed by atoms with Crippen molar-refractivity contribution in [1.29, 1.82) is 0 Å². The molecule has 0 atom stereocenters. The molecule has 0 aliphatic carbocycles. The zero-order chi connectivity index (χ0) is 27.6. The van der Waals surface area contributed by atoms with E-state index in [9.17, 15) is 22.8 Å². The van der Waals surface area contributed by atoms with Crippen LogP contribution in [0.2, 0.25) is 0 Å². The van der Waals surface area contributed by atoms with Gasteiger partial charge in [-0.25, -0.2) is 18.0 Å². The molecule has 0 radical (unpaired) electrons. The van der Waals surface area contributed by atoms with E-state index in [1.165, 1.54) is 34.3 Å². The minimum Gasteiger partial charge on any atom is -0.467 e. The summed E-state index contributed by atoms with van der Waals surface area (Å²) in [5.74, 6) is -2.31. The normalized spacial score (nSPS) is 13.7. The average molecular weight is 545 g/mol. The molecule has 3 aromatic rings. The number of anilines is 1. The molecular weight excluding hydrogens is 513 g/mol. The van der Waals surface area contributed by atoms with Crippen molar-refractivity contribution in [3.05, 3.63) is 89.6 Å². The smallest absolute Gasteiger partial charge is 0.322 e. The average Bonchev–Trinajstić information content (AvgIpc) is 3.45. The van der Waals surface area contributed by atoms with E-state index in [2.05, 4.69) is 10.2 Å². The molecule has 0 bridgehead atoms. The van der Waals surface area contributed by atoms with Crippen LogP contribution < -0.4 is 5.32 Å². The van der Waals surface area contributed by atoms with Crippen molar-refractivity contribution in [3.8, 4) is 0 Å². The summed E-state index contributed by atoms with van der Waals surface area (Å²) in [5, 5.41) is 2.56. The summed E-state index contributed by atoms with van der Waals surface area (Å²) >= 11 is 0. The van der Waals surface area contributed by atoms with Gasteiger partial charge in [-0.2, -0.15) is 0 Å². The fourth-order valence-electron chi connectivity index (χ4n) is 4.24. The van der Waals surface area contributed by atoms with Gasteiger partial charge in [0.1, 0.15) is 18.1 Å². The third-order valence-corrected chi connectivity index (χ3v) is 6.36. The number of halogens is 3. The Morgan fingerprint density at radius 3 is 2.38 bits per heavy atom. The number of carbonyl (C=O) groups excluding carboxylic acids is 2. The summed E-state index contributed by atoms with van der Waals surface area (Å²) in [4.78, 5) is 31.8. The van der Waals surface area contributed by atoms with E-state index < -0.39 is 17.7 Å². The number of ether oxygens (including phenoxy) is 1. The molecule has 0 unspecified atom stereocenters. The molecule has 208 valence electrons. The molecule has 11 heteroatoms. The fourth-order valence-corrected chi connectivity index (χ4v) is 4.24. The van der Waals surface area contributed by atoms with Gasteiger partial charge in [0.25, 0.3) is 0 Å². The van der Waals surface area contributed by atoms with Gasteiger partial charge < -0.3 is 24.3 Å². The molecule has 1 aliphatic heterocycles. The van der Waals surface area contributed by atoms with Gasteiger partial charge in [-0.1, -0.05) is 12.1 Å². The molecular formula is C28H31F3N4O4. The highest BCUT2D eigenvalue weighted by atomic mass is 19.2. The van der Waals surface area contributed by atoms with Crippen LogP contribution in [0, 0.1) is 17.5 Å². The van der Waals surface area contributed by atoms with E-state index in [1.54, 1.807) is 24.3 Å². The standard InChI is InChI=1S/C28H31F3N4O4/c29-22-6-4-21(5-7-22)18-35(19-24-3-1-14-39-24)27(36)20-34(11-2-10-33-12-15-38-16-13-33)28(37)32-23-8-9-25(30)26(31)17-23/h1,3-9,14,17H,2,10-13,15-16,18-20H2,(H,32,37). The molecule has 2 aromatic carbocycles. The lowest BCUT2D eigenvalue weighted by Crippen LogP contribution is -2.45. The van der Waals surface area contributed by atoms with Crippen LogP contribution in [0.3, 0.4) is 0 Å². The zero-order valence-electron chi connectivity index (χ0n) is 21.5. The van der Waals surface area contributed by atoms with Crippen molar-refractivity contribution in [2.75, 3.05) is 51.3 Å². The number of carbonyl (C=O) groups is 2. The molecule has 2 heterocycles. The van der Waals surface area contributed by atoms with E-state index in [0.717, 1.165) is 25.2 Å². The molecule has 1 aromatic heterocycles. The van der Waals surface area contributed by atoms with E-state index in [0.29, 0.717) is 37.5 Å². The van der Waals surface area contributed by atoms with E-state index in [1.807, 2.05) is 0 Å². The Balaban J connectivity index is 1.47. The van der Waals surface area contributed by atoms with E-state index >= 15 is 0 Å². The van der Waals surface area contributed by atoms with Crippen LogP contribution in [-0.4, -0.2) is 72.6 Å². The van der Waals surface area contributed by atoms with Crippen LogP contribution in [-0.2, 0) is 22.6 Å². The van der Waals surface area contributed by atoms with Crippen molar-refractivity contribution in [2.24, 2.45) is 0 Å². The Bertz CT molecular complexity index is 1220. The molecule has 4 rings (SSSR count). The van der Waals surface area contributed by atoms with Gasteiger partial charge in [-0.15, -0.1) is 0 Å². The van der Waals surface area contributed by atoms with Crippen LogP contribution in [0.15, 0.2) is 65.3 Å². The van der Waals surface area contributed by atoms with Crippen LogP contribution in [0.4, 0.5) is 23.7 Å². The number of hydrogen-bond acceptors (Lipinski definition) is 5. The van der Waals surface area contributed by atoms with Gasteiger partial charge in [-0.05, 0) is 48.4 Å². The zero-order valence-corrected chi connectivity index (χ0v) is 21.5. The minimum atomic E-state index is -1.09. The first kappa shape index (κ1) is 28.2. The van der Waals surface area contributed by atoms with Crippen molar-refractivity contribution in [2.45, 2.75) is 19.5 Å². The van der Waals surface area contributed by atoms with Crippen LogP contribution in [0.5, 0.6) is 0 Å². The quantitative estimate of drug-likeness (QED) is 0.385. The lowest BCUT2D eigenvalue weighted by Gasteiger charge is -2.30. The molecule has 1 N–H and O–H groups in total. The summed E-state index contributed by atoms with van der Waals surface area (Å²) < 4.78 is 51.3. The predicted octanol–water partition coefficient (Wildman–Crippen LogP) is 4.48. The molecule has 3 amide bonds. The highest BCUT2D eigenvalue weighted by molar-refractivity contribution is 5.92. The number of morpholine rings is 1. The Morgan fingerprint density at radius 2 is 1.69 bits per heavy atom. The number of benzene rings is 2. The first-order valence-corrected chi connectivity index (χ1v) is 12.7. The molecule has 1 aliphatic rings. The van der Waals surface area contributed by atoms with E-state index in [4.69, 9.17) is 9.15 Å². The summed E-state index contributed by atoms with van der Waals surface area (Å²) in [5.41, 5.74) is 0.782. The maximum absolute atomic E-state index is 13.7. The SMILES string of the molecule is O=C(CN(CCCN1CCOCC1)C(=O)Nc1ccc(F)c(F)c1)N(Cc1ccc(F)cc1)Cc1ccco1. The Labute approximate surface area is 224 Å². The maximum Gasteiger partial charge on any atom is 0.322 e. The molecule has 0 spiro atoms. The van der Waals surface area contributed by atoms with Gasteiger partial charge in [0.2, 0.25) is 5.91 Å². The van der Waals surface area contributed by atoms with Gasteiger partial charge in [0.05, 0.1) is 26.0 Å². The number of rotatable bonds is 11. The van der Waals surface area contributed by atoms with Crippen molar-refractivity contribution < 1.29 is 31.9 Å². The van der Waals surface area contributed by atoms with Crippen molar-refractivity contribution >= 4 is 17.6 Å². The second kappa shape index (κ2) is 13.8. The summed E-state index contributed by atoms with van der Waals surface area (Å²) in [6, 6.07) is 11.7. The Hall–Kier alpha value is -3.83. The maximum atomic E-state index is 13.7. The summed E-state index contributed by atoms with van der Waals surface area (Å²) in [6.45, 7) is 3.88. The van der Waals surface area contributed by atoms with Crippen LogP contribution >= 0.6 is 0 Å². The van der Waals surface area contributed by atoms with Crippen LogP contribution in [0.1, 0.15) is 17.7 Å².